The number of likely N-dealkylation sites (tertiary alicyclic amines) is 1. The Balaban J connectivity index is 1.99. The summed E-state index contributed by atoms with van der Waals surface area (Å²) in [6.07, 6.45) is 0. The maximum absolute atomic E-state index is 12.8. The third-order valence-corrected chi connectivity index (χ3v) is 6.21. The van der Waals surface area contributed by atoms with Crippen LogP contribution in [0.2, 0.25) is 0 Å². The normalized spacial score (nSPS) is 34.3. The smallest absolute Gasteiger partial charge is 0.310 e. The molecule has 5 rings (SSSR count). The Kier molecular flexibility index (Phi) is 3.64. The molecule has 2 fully saturated rings. The van der Waals surface area contributed by atoms with E-state index in [0.717, 1.165) is 16.0 Å². The van der Waals surface area contributed by atoms with Gasteiger partial charge in [0.1, 0.15) is 0 Å². The van der Waals surface area contributed by atoms with Crippen LogP contribution in [-0.4, -0.2) is 49.9 Å². The summed E-state index contributed by atoms with van der Waals surface area (Å²) in [5.74, 6) is -5.90. The molecule has 3 aliphatic carbocycles. The monoisotopic (exact) mass is 357 g/mol. The molecule has 2 bridgehead atoms. The first-order valence-electron chi connectivity index (χ1n) is 8.50. The van der Waals surface area contributed by atoms with Gasteiger partial charge in [-0.2, -0.15) is 0 Å². The Bertz CT molecular complexity index is 766. The highest BCUT2D eigenvalue weighted by Crippen LogP contribution is 2.63. The standard InChI is InChI=1S/C19H19NO6/c1-20-16(21)12-10-8-6-4-5-7-9(8)11(13(12)17(20)22)15(19(24)26-3)14(10)18(23)25-2/h4-7,10-15H,1-3H3/t10-,11+,12+,13-,14-,15-/m1/s1. The van der Waals surface area contributed by atoms with E-state index >= 15 is 0 Å². The fourth-order valence-corrected chi connectivity index (χ4v) is 5.26. The van der Waals surface area contributed by atoms with Crippen molar-refractivity contribution in [2.75, 3.05) is 21.3 Å². The van der Waals surface area contributed by atoms with Crippen molar-refractivity contribution in [1.29, 1.82) is 0 Å². The van der Waals surface area contributed by atoms with Gasteiger partial charge < -0.3 is 9.47 Å². The molecule has 1 aliphatic heterocycles. The van der Waals surface area contributed by atoms with Crippen LogP contribution in [0.1, 0.15) is 23.0 Å². The average Bonchev–Trinajstić information content (AvgIpc) is 2.91. The second kappa shape index (κ2) is 5.65. The highest BCUT2D eigenvalue weighted by molar-refractivity contribution is 6.07. The minimum atomic E-state index is -0.850. The van der Waals surface area contributed by atoms with E-state index in [9.17, 15) is 19.2 Å². The van der Waals surface area contributed by atoms with Crippen LogP contribution >= 0.6 is 0 Å². The van der Waals surface area contributed by atoms with Crippen LogP contribution in [-0.2, 0) is 28.7 Å². The highest BCUT2D eigenvalue weighted by atomic mass is 16.5. The number of nitrogens with zero attached hydrogens (tertiary/aromatic N) is 1. The van der Waals surface area contributed by atoms with Crippen LogP contribution in [0.5, 0.6) is 0 Å². The topological polar surface area (TPSA) is 90.0 Å². The molecule has 0 radical (unpaired) electrons. The number of hydrogen-bond acceptors (Lipinski definition) is 6. The number of ether oxygens (including phenoxy) is 2. The minimum Gasteiger partial charge on any atom is -0.469 e. The molecule has 0 aromatic heterocycles. The predicted octanol–water partition coefficient (Wildman–Crippen LogP) is 0.690. The van der Waals surface area contributed by atoms with Crippen LogP contribution in [0.15, 0.2) is 24.3 Å². The lowest BCUT2D eigenvalue weighted by Crippen LogP contribution is -2.55. The Hall–Kier alpha value is -2.70. The van der Waals surface area contributed by atoms with Crippen LogP contribution in [0.25, 0.3) is 0 Å². The highest BCUT2D eigenvalue weighted by Gasteiger charge is 2.68. The first-order chi connectivity index (χ1) is 12.4. The molecule has 1 heterocycles. The molecule has 1 saturated heterocycles. The summed E-state index contributed by atoms with van der Waals surface area (Å²) in [7, 11) is 3.97. The van der Waals surface area contributed by atoms with Gasteiger partial charge in [0.25, 0.3) is 0 Å². The molecular formula is C19H19NO6. The third kappa shape index (κ3) is 1.88. The van der Waals surface area contributed by atoms with Crippen molar-refractivity contribution in [3.63, 3.8) is 0 Å². The number of fused-ring (bicyclic) bond motifs is 1. The average molecular weight is 357 g/mol. The molecule has 26 heavy (non-hydrogen) atoms. The molecule has 7 heteroatoms. The molecule has 6 atom stereocenters. The number of rotatable bonds is 2. The summed E-state index contributed by atoms with van der Waals surface area (Å²) in [4.78, 5) is 51.9. The maximum Gasteiger partial charge on any atom is 0.310 e. The van der Waals surface area contributed by atoms with Crippen molar-refractivity contribution < 1.29 is 28.7 Å². The number of hydrogen-bond donors (Lipinski definition) is 0. The number of benzene rings is 1. The van der Waals surface area contributed by atoms with Crippen molar-refractivity contribution in [3.05, 3.63) is 35.4 Å². The zero-order valence-corrected chi connectivity index (χ0v) is 14.7. The fraction of sp³-hybridized carbons (Fsp3) is 0.474. The molecular weight excluding hydrogens is 338 g/mol. The first kappa shape index (κ1) is 16.8. The van der Waals surface area contributed by atoms with Gasteiger partial charge in [-0.05, 0) is 11.1 Å². The van der Waals surface area contributed by atoms with Crippen molar-refractivity contribution in [2.24, 2.45) is 23.7 Å². The second-order valence-corrected chi connectivity index (χ2v) is 7.07. The minimum absolute atomic E-state index is 0.304. The molecule has 1 saturated carbocycles. The number of esters is 2. The summed E-state index contributed by atoms with van der Waals surface area (Å²) >= 11 is 0. The number of carbonyl (C=O) groups is 4. The summed E-state index contributed by atoms with van der Waals surface area (Å²) in [6.45, 7) is 0. The van der Waals surface area contributed by atoms with E-state index in [-0.39, 0.29) is 11.8 Å². The van der Waals surface area contributed by atoms with Gasteiger partial charge in [-0.3, -0.25) is 24.1 Å². The zero-order valence-electron chi connectivity index (χ0n) is 14.7. The molecule has 1 aromatic carbocycles. The van der Waals surface area contributed by atoms with E-state index in [1.54, 1.807) is 0 Å². The van der Waals surface area contributed by atoms with Gasteiger partial charge in [0.15, 0.2) is 0 Å². The van der Waals surface area contributed by atoms with Gasteiger partial charge >= 0.3 is 11.9 Å². The Morgan fingerprint density at radius 1 is 0.808 bits per heavy atom. The largest absolute Gasteiger partial charge is 0.469 e. The molecule has 1 aromatic rings. The van der Waals surface area contributed by atoms with Crippen LogP contribution in [0, 0.1) is 23.7 Å². The molecule has 4 aliphatic rings. The lowest BCUT2D eigenvalue weighted by Gasteiger charge is -2.51. The van der Waals surface area contributed by atoms with Crippen molar-refractivity contribution >= 4 is 23.8 Å². The van der Waals surface area contributed by atoms with E-state index in [0.29, 0.717) is 0 Å². The van der Waals surface area contributed by atoms with E-state index < -0.39 is 47.4 Å². The van der Waals surface area contributed by atoms with Gasteiger partial charge in [-0.1, -0.05) is 24.3 Å². The van der Waals surface area contributed by atoms with Crippen LogP contribution < -0.4 is 0 Å². The SMILES string of the molecule is COC(=O)[C@H]1[C@H](C(=O)OC)[C@@H]2c3ccccc3[C@H]1[C@H]1C(=O)N(C)C(=O)[C@H]12. The zero-order chi connectivity index (χ0) is 18.7. The summed E-state index contributed by atoms with van der Waals surface area (Å²) in [6, 6.07) is 7.40. The molecule has 2 amide bonds. The van der Waals surface area contributed by atoms with Gasteiger partial charge in [0.05, 0.1) is 37.9 Å². The maximum atomic E-state index is 12.8. The molecule has 0 spiro atoms. The van der Waals surface area contributed by atoms with Crippen molar-refractivity contribution in [3.8, 4) is 0 Å². The van der Waals surface area contributed by atoms with Gasteiger partial charge in [-0.25, -0.2) is 0 Å². The molecule has 0 unspecified atom stereocenters. The number of amides is 2. The quantitative estimate of drug-likeness (QED) is 0.571. The molecule has 7 nitrogen and oxygen atoms in total. The van der Waals surface area contributed by atoms with E-state index in [1.165, 1.54) is 21.3 Å². The first-order valence-corrected chi connectivity index (χ1v) is 8.50. The van der Waals surface area contributed by atoms with Gasteiger partial charge in [0.2, 0.25) is 11.8 Å². The summed E-state index contributed by atoms with van der Waals surface area (Å²) in [5, 5.41) is 0. The lowest BCUT2D eigenvalue weighted by molar-refractivity contribution is -0.167. The fourth-order valence-electron chi connectivity index (χ4n) is 5.26. The Morgan fingerprint density at radius 2 is 1.19 bits per heavy atom. The van der Waals surface area contributed by atoms with Crippen LogP contribution in [0.4, 0.5) is 0 Å². The Morgan fingerprint density at radius 3 is 1.54 bits per heavy atom. The van der Waals surface area contributed by atoms with E-state index in [1.807, 2.05) is 24.3 Å². The predicted molar refractivity (Wildman–Crippen MR) is 87.7 cm³/mol. The molecule has 0 N–H and O–H groups in total. The van der Waals surface area contributed by atoms with Gasteiger partial charge in [0, 0.05) is 18.9 Å². The Labute approximate surface area is 150 Å². The lowest BCUT2D eigenvalue weighted by atomic mass is 9.49. The summed E-state index contributed by atoms with van der Waals surface area (Å²) < 4.78 is 9.93. The van der Waals surface area contributed by atoms with Crippen LogP contribution in [0.3, 0.4) is 0 Å². The molecule has 136 valence electrons. The van der Waals surface area contributed by atoms with Gasteiger partial charge in [-0.15, -0.1) is 0 Å². The number of imide groups is 1. The second-order valence-electron chi connectivity index (χ2n) is 7.07. The third-order valence-electron chi connectivity index (χ3n) is 6.21. The number of carbonyl (C=O) groups excluding carboxylic acids is 4. The van der Waals surface area contributed by atoms with Crippen molar-refractivity contribution in [1.82, 2.24) is 4.90 Å². The summed E-state index contributed by atoms with van der Waals surface area (Å²) in [5.41, 5.74) is 1.68. The van der Waals surface area contributed by atoms with Crippen molar-refractivity contribution in [2.45, 2.75) is 11.8 Å². The number of methoxy groups -OCH3 is 2. The van der Waals surface area contributed by atoms with E-state index in [4.69, 9.17) is 9.47 Å². The van der Waals surface area contributed by atoms with E-state index in [2.05, 4.69) is 0 Å².